The molecule has 2 heterocycles. The van der Waals surface area contributed by atoms with Crippen molar-refractivity contribution in [2.45, 2.75) is 46.6 Å². The summed E-state index contributed by atoms with van der Waals surface area (Å²) in [6.07, 6.45) is 3.35. The van der Waals surface area contributed by atoms with Crippen molar-refractivity contribution in [2.24, 2.45) is 4.99 Å². The van der Waals surface area contributed by atoms with Gasteiger partial charge in [0.1, 0.15) is 0 Å². The number of aromatic nitrogens is 2. The highest BCUT2D eigenvalue weighted by molar-refractivity contribution is 6.00. The number of amidine groups is 1. The zero-order chi connectivity index (χ0) is 24.2. The van der Waals surface area contributed by atoms with Gasteiger partial charge in [0, 0.05) is 5.56 Å². The van der Waals surface area contributed by atoms with Gasteiger partial charge in [-0.25, -0.2) is 5.48 Å². The van der Waals surface area contributed by atoms with E-state index in [1.807, 2.05) is 27.0 Å². The van der Waals surface area contributed by atoms with E-state index in [9.17, 15) is 0 Å². The minimum Gasteiger partial charge on any atom is -0.272 e. The summed E-state index contributed by atoms with van der Waals surface area (Å²) >= 11 is 0. The molecule has 4 rings (SSSR count). The van der Waals surface area contributed by atoms with Crippen molar-refractivity contribution in [3.05, 3.63) is 106 Å². The van der Waals surface area contributed by atoms with Crippen molar-refractivity contribution in [2.75, 3.05) is 6.61 Å². The minimum atomic E-state index is 0.0118. The molecule has 0 spiro atoms. The van der Waals surface area contributed by atoms with E-state index in [1.54, 1.807) is 0 Å². The number of aryl methyl sites for hydroxylation is 2. The highest BCUT2D eigenvalue weighted by Crippen LogP contribution is 2.23. The number of hydrogen-bond donors (Lipinski definition) is 1. The molecule has 0 aliphatic carbocycles. The Morgan fingerprint density at radius 3 is 2.53 bits per heavy atom. The zero-order valence-corrected chi connectivity index (χ0v) is 20.5. The molecular formula is C29H32N4O. The molecular weight excluding hydrogens is 420 g/mol. The summed E-state index contributed by atoms with van der Waals surface area (Å²) in [6, 6.07) is 15.0. The Balaban J connectivity index is 1.62. The molecule has 1 N–H and O–H groups in total. The lowest BCUT2D eigenvalue weighted by molar-refractivity contribution is 0.0623. The second kappa shape index (κ2) is 10.1. The molecule has 2 aromatic carbocycles. The predicted octanol–water partition coefficient (Wildman–Crippen LogP) is 5.64. The predicted molar refractivity (Wildman–Crippen MR) is 140 cm³/mol. The van der Waals surface area contributed by atoms with Crippen LogP contribution in [0.4, 0.5) is 0 Å². The average molecular weight is 453 g/mol. The summed E-state index contributed by atoms with van der Waals surface area (Å²) in [5.41, 5.74) is 14.0. The Morgan fingerprint density at radius 2 is 1.79 bits per heavy atom. The van der Waals surface area contributed by atoms with Gasteiger partial charge in [0.15, 0.2) is 5.84 Å². The topological polar surface area (TPSA) is 59.4 Å². The van der Waals surface area contributed by atoms with Crippen LogP contribution in [-0.2, 0) is 17.7 Å². The molecule has 5 heteroatoms. The van der Waals surface area contributed by atoms with Crippen molar-refractivity contribution in [1.82, 2.24) is 15.7 Å². The fourth-order valence-electron chi connectivity index (χ4n) is 4.27. The molecule has 0 saturated carbocycles. The van der Waals surface area contributed by atoms with Gasteiger partial charge in [0.25, 0.3) is 0 Å². The summed E-state index contributed by atoms with van der Waals surface area (Å²) in [7, 11) is 0. The highest BCUT2D eigenvalue weighted by Gasteiger charge is 2.22. The van der Waals surface area contributed by atoms with Gasteiger partial charge in [-0.2, -0.15) is 10.2 Å². The van der Waals surface area contributed by atoms with E-state index in [1.165, 1.54) is 22.3 Å². The maximum atomic E-state index is 5.78. The van der Waals surface area contributed by atoms with Gasteiger partial charge in [-0.3, -0.25) is 9.83 Å². The lowest BCUT2D eigenvalue weighted by Gasteiger charge is -2.24. The number of benzene rings is 2. The second-order valence-corrected chi connectivity index (χ2v) is 9.16. The monoisotopic (exact) mass is 452 g/mol. The normalized spacial score (nSPS) is 15.4. The number of allylic oxidation sites excluding steroid dienone is 2. The molecule has 5 nitrogen and oxygen atoms in total. The van der Waals surface area contributed by atoms with Gasteiger partial charge in [-0.1, -0.05) is 66.8 Å². The Kier molecular flexibility index (Phi) is 7.03. The third kappa shape index (κ3) is 5.32. The van der Waals surface area contributed by atoms with E-state index in [0.717, 1.165) is 46.4 Å². The van der Waals surface area contributed by atoms with Crippen LogP contribution in [0.2, 0.25) is 0 Å². The van der Waals surface area contributed by atoms with E-state index in [0.29, 0.717) is 12.4 Å². The van der Waals surface area contributed by atoms with E-state index in [-0.39, 0.29) is 6.04 Å². The Morgan fingerprint density at radius 1 is 1.03 bits per heavy atom. The first-order chi connectivity index (χ1) is 16.3. The number of rotatable bonds is 7. The van der Waals surface area contributed by atoms with Crippen LogP contribution in [-0.4, -0.2) is 28.7 Å². The lowest BCUT2D eigenvalue weighted by Crippen LogP contribution is -2.37. The van der Waals surface area contributed by atoms with E-state index < -0.39 is 0 Å². The van der Waals surface area contributed by atoms with Crippen LogP contribution in [0.25, 0.3) is 11.1 Å². The summed E-state index contributed by atoms with van der Waals surface area (Å²) in [5.74, 6) is 0.714. The molecule has 1 aliphatic heterocycles. The first-order valence-corrected chi connectivity index (χ1v) is 11.6. The van der Waals surface area contributed by atoms with Crippen molar-refractivity contribution < 1.29 is 4.84 Å². The van der Waals surface area contributed by atoms with Gasteiger partial charge in [0.05, 0.1) is 24.5 Å². The lowest BCUT2D eigenvalue weighted by atomic mass is 9.96. The van der Waals surface area contributed by atoms with E-state index in [2.05, 4.69) is 78.2 Å². The summed E-state index contributed by atoms with van der Waals surface area (Å²) in [4.78, 5) is 10.8. The maximum absolute atomic E-state index is 5.78. The molecule has 0 bridgehead atoms. The number of hydroxylamine groups is 1. The third-order valence-electron chi connectivity index (χ3n) is 6.20. The first-order valence-electron chi connectivity index (χ1n) is 11.6. The molecule has 34 heavy (non-hydrogen) atoms. The zero-order valence-electron chi connectivity index (χ0n) is 20.5. The van der Waals surface area contributed by atoms with Crippen molar-refractivity contribution in [3.63, 3.8) is 0 Å². The number of hydrogen-bond acceptors (Lipinski definition) is 5. The third-order valence-corrected chi connectivity index (χ3v) is 6.20. The highest BCUT2D eigenvalue weighted by atomic mass is 16.6. The standard InChI is InChI=1S/C29H32N4O/c1-18(2)23-9-7-8-22(13-23)14-26-16-30-32-21(6)28(26)29-31-27(17-34-33-29)15-25-11-10-24(19(3)4)12-20(25)5/h7-13,16,27H,1,3,14-15,17H2,2,4-6H3,(H,31,33)/t27-/m1/s1. The van der Waals surface area contributed by atoms with Crippen molar-refractivity contribution in [1.29, 1.82) is 0 Å². The number of nitrogens with zero attached hydrogens (tertiary/aromatic N) is 3. The Labute approximate surface area is 202 Å². The van der Waals surface area contributed by atoms with Crippen LogP contribution in [0, 0.1) is 13.8 Å². The largest absolute Gasteiger partial charge is 0.272 e. The number of nitrogens with one attached hydrogen (secondary N) is 1. The summed E-state index contributed by atoms with van der Waals surface area (Å²) in [6.45, 7) is 16.8. The quantitative estimate of drug-likeness (QED) is 0.504. The minimum absolute atomic E-state index is 0.0118. The van der Waals surface area contributed by atoms with Crippen LogP contribution in [0.15, 0.2) is 66.8 Å². The van der Waals surface area contributed by atoms with Crippen LogP contribution < -0.4 is 5.48 Å². The summed E-state index contributed by atoms with van der Waals surface area (Å²) in [5, 5.41) is 8.52. The molecule has 1 aliphatic rings. The van der Waals surface area contributed by atoms with Crippen molar-refractivity contribution in [3.8, 4) is 0 Å². The molecule has 1 atom stereocenters. The van der Waals surface area contributed by atoms with Crippen molar-refractivity contribution >= 4 is 17.0 Å². The van der Waals surface area contributed by atoms with Gasteiger partial charge in [0.2, 0.25) is 0 Å². The molecule has 0 amide bonds. The Bertz CT molecular complexity index is 1270. The second-order valence-electron chi connectivity index (χ2n) is 9.16. The fourth-order valence-corrected chi connectivity index (χ4v) is 4.27. The molecule has 3 aromatic rings. The molecule has 0 radical (unpaired) electrons. The molecule has 174 valence electrons. The van der Waals surface area contributed by atoms with Gasteiger partial charge in [-0.15, -0.1) is 0 Å². The number of aliphatic imine (C=N–C) groups is 1. The summed E-state index contributed by atoms with van der Waals surface area (Å²) < 4.78 is 0. The smallest absolute Gasteiger partial charge is 0.155 e. The Hall–Kier alpha value is -3.57. The molecule has 1 aromatic heterocycles. The first kappa shape index (κ1) is 23.6. The van der Waals surface area contributed by atoms with E-state index in [4.69, 9.17) is 9.83 Å². The average Bonchev–Trinajstić information content (AvgIpc) is 2.81. The molecule has 0 saturated heterocycles. The fraction of sp³-hybridized carbons (Fsp3) is 0.276. The van der Waals surface area contributed by atoms with Crippen LogP contribution in [0.1, 0.15) is 58.5 Å². The van der Waals surface area contributed by atoms with Crippen LogP contribution >= 0.6 is 0 Å². The van der Waals surface area contributed by atoms with Crippen LogP contribution in [0.3, 0.4) is 0 Å². The molecule has 0 unspecified atom stereocenters. The maximum Gasteiger partial charge on any atom is 0.155 e. The van der Waals surface area contributed by atoms with Gasteiger partial charge >= 0.3 is 0 Å². The molecule has 0 fully saturated rings. The van der Waals surface area contributed by atoms with Crippen LogP contribution in [0.5, 0.6) is 0 Å². The van der Waals surface area contributed by atoms with Gasteiger partial charge < -0.3 is 0 Å². The SMILES string of the molecule is C=C(C)c1cccc(Cc2cnnc(C)c2C2=N[C@H](Cc3ccc(C(=C)C)cc3C)CON2)c1. The van der Waals surface area contributed by atoms with E-state index >= 15 is 0 Å². The van der Waals surface area contributed by atoms with Gasteiger partial charge in [-0.05, 0) is 73.9 Å².